The molecular formula is C18H23N2O2+. The zero-order chi connectivity index (χ0) is 16.1. The summed E-state index contributed by atoms with van der Waals surface area (Å²) in [6.07, 6.45) is 3.81. The van der Waals surface area contributed by atoms with E-state index in [9.17, 15) is 4.79 Å². The van der Waals surface area contributed by atoms with Crippen LogP contribution in [0.5, 0.6) is 5.75 Å². The van der Waals surface area contributed by atoms with Gasteiger partial charge in [-0.15, -0.1) is 0 Å². The number of aryl methyl sites for hydroxylation is 2. The minimum atomic E-state index is -0.0518. The zero-order valence-electron chi connectivity index (χ0n) is 13.6. The lowest BCUT2D eigenvalue weighted by atomic mass is 10.1. The summed E-state index contributed by atoms with van der Waals surface area (Å²) in [4.78, 5) is 12.2. The second-order valence-corrected chi connectivity index (χ2v) is 5.69. The van der Waals surface area contributed by atoms with Crippen LogP contribution in [-0.2, 0) is 11.3 Å². The zero-order valence-corrected chi connectivity index (χ0v) is 13.6. The molecule has 0 fully saturated rings. The maximum Gasteiger partial charge on any atom is 0.290 e. The van der Waals surface area contributed by atoms with Crippen LogP contribution >= 0.6 is 0 Å². The molecule has 1 N–H and O–H groups in total. The molecule has 0 saturated carbocycles. The van der Waals surface area contributed by atoms with Crippen molar-refractivity contribution in [3.8, 4) is 5.75 Å². The Morgan fingerprint density at radius 3 is 2.50 bits per heavy atom. The number of rotatable bonds is 5. The van der Waals surface area contributed by atoms with Crippen LogP contribution in [0.25, 0.3) is 0 Å². The van der Waals surface area contributed by atoms with Crippen molar-refractivity contribution >= 4 is 11.6 Å². The van der Waals surface area contributed by atoms with Gasteiger partial charge in [-0.1, -0.05) is 18.2 Å². The topological polar surface area (TPSA) is 42.2 Å². The molecule has 0 unspecified atom stereocenters. The number of nitrogens with one attached hydrogen (secondary N) is 1. The summed E-state index contributed by atoms with van der Waals surface area (Å²) < 4.78 is 7.46. The highest BCUT2D eigenvalue weighted by Crippen LogP contribution is 2.19. The van der Waals surface area contributed by atoms with Crippen LogP contribution in [0.1, 0.15) is 25.0 Å². The molecule has 1 heterocycles. The van der Waals surface area contributed by atoms with Crippen molar-refractivity contribution in [1.29, 1.82) is 0 Å². The molecule has 0 saturated heterocycles. The van der Waals surface area contributed by atoms with Crippen molar-refractivity contribution in [2.24, 2.45) is 0 Å². The molecule has 1 aromatic heterocycles. The first kappa shape index (κ1) is 16.0. The summed E-state index contributed by atoms with van der Waals surface area (Å²) in [6, 6.07) is 9.74. The molecule has 22 heavy (non-hydrogen) atoms. The SMILES string of the molecule is Cc1cccc(C)c1NC(=O)C[n+]1cccc(OC(C)C)c1. The number of hydrogen-bond donors (Lipinski definition) is 1. The number of pyridine rings is 1. The highest BCUT2D eigenvalue weighted by molar-refractivity contribution is 5.91. The minimum Gasteiger partial charge on any atom is -0.485 e. The number of nitrogens with zero attached hydrogens (tertiary/aromatic N) is 1. The van der Waals surface area contributed by atoms with E-state index in [1.165, 1.54) is 0 Å². The Morgan fingerprint density at radius 1 is 1.18 bits per heavy atom. The van der Waals surface area contributed by atoms with Gasteiger partial charge in [-0.05, 0) is 44.9 Å². The van der Waals surface area contributed by atoms with Crippen LogP contribution < -0.4 is 14.6 Å². The second kappa shape index (κ2) is 7.07. The third-order valence-electron chi connectivity index (χ3n) is 3.27. The highest BCUT2D eigenvalue weighted by Gasteiger charge is 2.13. The van der Waals surface area contributed by atoms with Crippen molar-refractivity contribution < 1.29 is 14.1 Å². The molecule has 4 nitrogen and oxygen atoms in total. The van der Waals surface area contributed by atoms with Gasteiger partial charge in [0, 0.05) is 11.8 Å². The van der Waals surface area contributed by atoms with Gasteiger partial charge in [0.15, 0.2) is 11.9 Å². The third kappa shape index (κ3) is 4.32. The van der Waals surface area contributed by atoms with E-state index in [1.807, 2.05) is 75.0 Å². The molecule has 0 aliphatic carbocycles. The van der Waals surface area contributed by atoms with Gasteiger partial charge in [-0.25, -0.2) is 0 Å². The van der Waals surface area contributed by atoms with E-state index < -0.39 is 0 Å². The molecule has 0 atom stereocenters. The molecule has 2 aromatic rings. The third-order valence-corrected chi connectivity index (χ3v) is 3.27. The standard InChI is InChI=1S/C18H22N2O2/c1-13(2)22-16-9-6-10-20(11-16)12-17(21)19-18-14(3)7-5-8-15(18)4/h5-11,13H,12H2,1-4H3/p+1. The molecule has 116 valence electrons. The normalized spacial score (nSPS) is 10.6. The molecule has 4 heteroatoms. The lowest BCUT2D eigenvalue weighted by Crippen LogP contribution is -2.39. The van der Waals surface area contributed by atoms with Crippen molar-refractivity contribution in [1.82, 2.24) is 0 Å². The molecular weight excluding hydrogens is 276 g/mol. The number of carbonyl (C=O) groups is 1. The Kier molecular flexibility index (Phi) is 5.15. The number of aromatic nitrogens is 1. The van der Waals surface area contributed by atoms with Crippen LogP contribution in [-0.4, -0.2) is 12.0 Å². The second-order valence-electron chi connectivity index (χ2n) is 5.69. The van der Waals surface area contributed by atoms with E-state index in [1.54, 1.807) is 0 Å². The molecule has 0 bridgehead atoms. The fourth-order valence-electron chi connectivity index (χ4n) is 2.29. The van der Waals surface area contributed by atoms with E-state index in [0.717, 1.165) is 22.6 Å². The largest absolute Gasteiger partial charge is 0.485 e. The Labute approximate surface area is 131 Å². The summed E-state index contributed by atoms with van der Waals surface area (Å²) in [7, 11) is 0. The van der Waals surface area contributed by atoms with Gasteiger partial charge >= 0.3 is 0 Å². The van der Waals surface area contributed by atoms with Crippen LogP contribution in [0.3, 0.4) is 0 Å². The van der Waals surface area contributed by atoms with Crippen molar-refractivity contribution in [2.75, 3.05) is 5.32 Å². The maximum atomic E-state index is 12.2. The van der Waals surface area contributed by atoms with E-state index in [2.05, 4.69) is 5.32 Å². The van der Waals surface area contributed by atoms with Gasteiger partial charge in [-0.2, -0.15) is 4.57 Å². The Hall–Kier alpha value is -2.36. The number of anilines is 1. The number of carbonyl (C=O) groups excluding carboxylic acids is 1. The lowest BCUT2D eigenvalue weighted by Gasteiger charge is -2.10. The Balaban J connectivity index is 2.06. The first-order valence-corrected chi connectivity index (χ1v) is 7.47. The van der Waals surface area contributed by atoms with E-state index in [-0.39, 0.29) is 18.6 Å². The summed E-state index contributed by atoms with van der Waals surface area (Å²) in [5.74, 6) is 0.710. The molecule has 0 spiro atoms. The Bertz CT molecular complexity index is 646. The van der Waals surface area contributed by atoms with Gasteiger partial charge in [0.05, 0.1) is 6.10 Å². The number of para-hydroxylation sites is 1. The number of benzene rings is 1. The lowest BCUT2D eigenvalue weighted by molar-refractivity contribution is -0.684. The fourth-order valence-corrected chi connectivity index (χ4v) is 2.29. The van der Waals surface area contributed by atoms with Crippen LogP contribution in [0.4, 0.5) is 5.69 Å². The van der Waals surface area contributed by atoms with Gasteiger partial charge < -0.3 is 10.1 Å². The average molecular weight is 299 g/mol. The van der Waals surface area contributed by atoms with E-state index >= 15 is 0 Å². The first-order valence-electron chi connectivity index (χ1n) is 7.47. The summed E-state index contributed by atoms with van der Waals surface area (Å²) in [5, 5.41) is 2.99. The molecule has 0 radical (unpaired) electrons. The number of amides is 1. The van der Waals surface area contributed by atoms with Crippen molar-refractivity contribution in [2.45, 2.75) is 40.3 Å². The van der Waals surface area contributed by atoms with Crippen LogP contribution in [0, 0.1) is 13.8 Å². The van der Waals surface area contributed by atoms with Crippen LogP contribution in [0.2, 0.25) is 0 Å². The monoisotopic (exact) mass is 299 g/mol. The number of ether oxygens (including phenoxy) is 1. The van der Waals surface area contributed by atoms with Gasteiger partial charge in [0.2, 0.25) is 12.7 Å². The molecule has 2 rings (SSSR count). The molecule has 0 aliphatic heterocycles. The minimum absolute atomic E-state index is 0.0518. The average Bonchev–Trinajstić information content (AvgIpc) is 2.42. The predicted octanol–water partition coefficient (Wildman–Crippen LogP) is 3.02. The summed E-state index contributed by atoms with van der Waals surface area (Å²) in [6.45, 7) is 8.19. The molecule has 0 aliphatic rings. The fraction of sp³-hybridized carbons (Fsp3) is 0.333. The van der Waals surface area contributed by atoms with Crippen LogP contribution in [0.15, 0.2) is 42.7 Å². The molecule has 1 aromatic carbocycles. The van der Waals surface area contributed by atoms with Gasteiger partial charge in [0.1, 0.15) is 0 Å². The smallest absolute Gasteiger partial charge is 0.290 e. The Morgan fingerprint density at radius 2 is 1.86 bits per heavy atom. The summed E-state index contributed by atoms with van der Waals surface area (Å²) >= 11 is 0. The van der Waals surface area contributed by atoms with E-state index in [0.29, 0.717) is 0 Å². The molecule has 1 amide bonds. The van der Waals surface area contributed by atoms with Crippen molar-refractivity contribution in [3.05, 3.63) is 53.9 Å². The number of hydrogen-bond acceptors (Lipinski definition) is 2. The van der Waals surface area contributed by atoms with Gasteiger partial charge in [0.25, 0.3) is 5.91 Å². The summed E-state index contributed by atoms with van der Waals surface area (Å²) in [5.41, 5.74) is 3.02. The first-order chi connectivity index (χ1) is 10.5. The predicted molar refractivity (Wildman–Crippen MR) is 86.9 cm³/mol. The van der Waals surface area contributed by atoms with E-state index in [4.69, 9.17) is 4.74 Å². The maximum absolute atomic E-state index is 12.2. The van der Waals surface area contributed by atoms with Crippen molar-refractivity contribution in [3.63, 3.8) is 0 Å². The quantitative estimate of drug-likeness (QED) is 0.862. The highest BCUT2D eigenvalue weighted by atomic mass is 16.5. The van der Waals surface area contributed by atoms with Gasteiger partial charge in [-0.3, -0.25) is 4.79 Å².